The molecule has 0 radical (unpaired) electrons. The van der Waals surface area contributed by atoms with Gasteiger partial charge in [-0.15, -0.1) is 0 Å². The van der Waals surface area contributed by atoms with Gasteiger partial charge < -0.3 is 15.4 Å². The molecule has 1 fully saturated rings. The number of nitrogens with two attached hydrogens (primary N) is 1. The molecule has 1 saturated heterocycles. The Labute approximate surface area is 174 Å². The van der Waals surface area contributed by atoms with E-state index < -0.39 is 11.5 Å². The first-order valence-corrected chi connectivity index (χ1v) is 9.70. The SMILES string of the molecule is NC(=O)C1(Cc2cccc(-c3ccncc3)c2)CN(C(=O)c2cccnc2)CCO1. The molecule has 1 unspecified atom stereocenters. The molecule has 4 rings (SSSR count). The van der Waals surface area contributed by atoms with E-state index in [-0.39, 0.29) is 25.5 Å². The first-order valence-electron chi connectivity index (χ1n) is 9.70. The highest BCUT2D eigenvalue weighted by atomic mass is 16.5. The van der Waals surface area contributed by atoms with Gasteiger partial charge in [0, 0.05) is 37.8 Å². The quantitative estimate of drug-likeness (QED) is 0.705. The number of primary amides is 1. The van der Waals surface area contributed by atoms with Crippen LogP contribution in [-0.2, 0) is 16.0 Å². The van der Waals surface area contributed by atoms with Crippen molar-refractivity contribution in [2.24, 2.45) is 5.73 Å². The van der Waals surface area contributed by atoms with Crippen molar-refractivity contribution in [3.05, 3.63) is 84.4 Å². The number of rotatable bonds is 5. The standard InChI is InChI=1S/C23H22N4O3/c24-22(29)23(14-17-3-1-4-19(13-17)18-6-9-25-10-7-18)16-27(11-12-30-23)21(28)20-5-2-8-26-15-20/h1-10,13,15H,11-12,14,16H2,(H2,24,29). The second-order valence-electron chi connectivity index (χ2n) is 7.29. The summed E-state index contributed by atoms with van der Waals surface area (Å²) in [5, 5.41) is 0. The number of nitrogens with zero attached hydrogens (tertiary/aromatic N) is 3. The van der Waals surface area contributed by atoms with Crippen LogP contribution in [-0.4, -0.2) is 52.0 Å². The molecule has 7 heteroatoms. The summed E-state index contributed by atoms with van der Waals surface area (Å²) in [6, 6.07) is 15.1. The predicted octanol–water partition coefficient (Wildman–Crippen LogP) is 2.08. The smallest absolute Gasteiger partial charge is 0.255 e. The maximum atomic E-state index is 12.9. The lowest BCUT2D eigenvalue weighted by atomic mass is 9.90. The number of carbonyl (C=O) groups is 2. The average molecular weight is 402 g/mol. The van der Waals surface area contributed by atoms with Gasteiger partial charge in [0.1, 0.15) is 0 Å². The first kappa shape index (κ1) is 19.7. The van der Waals surface area contributed by atoms with Gasteiger partial charge in [-0.25, -0.2) is 0 Å². The Bertz CT molecular complexity index is 1040. The van der Waals surface area contributed by atoms with Gasteiger partial charge >= 0.3 is 0 Å². The zero-order chi connectivity index (χ0) is 21.0. The topological polar surface area (TPSA) is 98.4 Å². The van der Waals surface area contributed by atoms with E-state index in [1.165, 1.54) is 6.20 Å². The van der Waals surface area contributed by atoms with Crippen LogP contribution in [0.2, 0.25) is 0 Å². The summed E-state index contributed by atoms with van der Waals surface area (Å²) in [7, 11) is 0. The fourth-order valence-electron chi connectivity index (χ4n) is 3.71. The molecule has 0 aliphatic carbocycles. The highest BCUT2D eigenvalue weighted by Gasteiger charge is 2.44. The molecule has 3 heterocycles. The van der Waals surface area contributed by atoms with Gasteiger partial charge in [0.15, 0.2) is 5.60 Å². The van der Waals surface area contributed by atoms with Crippen LogP contribution in [0.15, 0.2) is 73.3 Å². The second kappa shape index (κ2) is 8.42. The van der Waals surface area contributed by atoms with Gasteiger partial charge in [-0.3, -0.25) is 19.6 Å². The highest BCUT2D eigenvalue weighted by molar-refractivity contribution is 5.95. The van der Waals surface area contributed by atoms with Crippen molar-refractivity contribution >= 4 is 11.8 Å². The van der Waals surface area contributed by atoms with E-state index in [2.05, 4.69) is 9.97 Å². The van der Waals surface area contributed by atoms with E-state index >= 15 is 0 Å². The second-order valence-corrected chi connectivity index (χ2v) is 7.29. The molecule has 1 aliphatic heterocycles. The Morgan fingerprint density at radius 3 is 2.60 bits per heavy atom. The fraction of sp³-hybridized carbons (Fsp3) is 0.217. The number of pyridine rings is 2. The number of benzene rings is 1. The van der Waals surface area contributed by atoms with Gasteiger partial charge in [0.25, 0.3) is 11.8 Å². The summed E-state index contributed by atoms with van der Waals surface area (Å²) in [5.74, 6) is -0.775. The summed E-state index contributed by atoms with van der Waals surface area (Å²) >= 11 is 0. The molecule has 30 heavy (non-hydrogen) atoms. The number of carbonyl (C=O) groups excluding carboxylic acids is 2. The zero-order valence-electron chi connectivity index (χ0n) is 16.4. The normalized spacial score (nSPS) is 18.7. The molecule has 1 atom stereocenters. The van der Waals surface area contributed by atoms with Gasteiger partial charge in [0.05, 0.1) is 18.7 Å². The lowest BCUT2D eigenvalue weighted by Gasteiger charge is -2.40. The zero-order valence-corrected chi connectivity index (χ0v) is 16.4. The molecule has 2 amide bonds. The van der Waals surface area contributed by atoms with E-state index in [1.54, 1.807) is 35.6 Å². The summed E-state index contributed by atoms with van der Waals surface area (Å²) in [5.41, 5.74) is 7.90. The molecule has 0 spiro atoms. The number of hydrogen-bond donors (Lipinski definition) is 1. The van der Waals surface area contributed by atoms with Crippen molar-refractivity contribution in [1.82, 2.24) is 14.9 Å². The van der Waals surface area contributed by atoms with Crippen LogP contribution >= 0.6 is 0 Å². The van der Waals surface area contributed by atoms with E-state index in [4.69, 9.17) is 10.5 Å². The van der Waals surface area contributed by atoms with Crippen LogP contribution in [0.3, 0.4) is 0 Å². The van der Waals surface area contributed by atoms with Crippen LogP contribution < -0.4 is 5.73 Å². The van der Waals surface area contributed by atoms with Gasteiger partial charge in [-0.05, 0) is 41.0 Å². The van der Waals surface area contributed by atoms with Gasteiger partial charge in [-0.2, -0.15) is 0 Å². The average Bonchev–Trinajstić information content (AvgIpc) is 2.80. The van der Waals surface area contributed by atoms with E-state index in [1.807, 2.05) is 36.4 Å². The third-order valence-corrected chi connectivity index (χ3v) is 5.26. The number of hydrogen-bond acceptors (Lipinski definition) is 5. The fourth-order valence-corrected chi connectivity index (χ4v) is 3.71. The minimum absolute atomic E-state index is 0.0928. The Hall–Kier alpha value is -3.58. The lowest BCUT2D eigenvalue weighted by Crippen LogP contribution is -2.61. The van der Waals surface area contributed by atoms with E-state index in [9.17, 15) is 9.59 Å². The van der Waals surface area contributed by atoms with Crippen LogP contribution in [0.1, 0.15) is 15.9 Å². The van der Waals surface area contributed by atoms with Crippen LogP contribution in [0, 0.1) is 0 Å². The Morgan fingerprint density at radius 2 is 1.87 bits per heavy atom. The maximum Gasteiger partial charge on any atom is 0.255 e. The molecule has 1 aromatic carbocycles. The Morgan fingerprint density at radius 1 is 1.03 bits per heavy atom. The minimum Gasteiger partial charge on any atom is -0.367 e. The molecule has 1 aliphatic rings. The molecule has 0 bridgehead atoms. The minimum atomic E-state index is -1.28. The van der Waals surface area contributed by atoms with Crippen molar-refractivity contribution in [2.45, 2.75) is 12.0 Å². The Kier molecular flexibility index (Phi) is 5.54. The third-order valence-electron chi connectivity index (χ3n) is 5.26. The molecule has 0 saturated carbocycles. The first-order chi connectivity index (χ1) is 14.6. The van der Waals surface area contributed by atoms with Gasteiger partial charge in [-0.1, -0.05) is 24.3 Å². The highest BCUT2D eigenvalue weighted by Crippen LogP contribution is 2.27. The summed E-state index contributed by atoms with van der Waals surface area (Å²) < 4.78 is 5.90. The largest absolute Gasteiger partial charge is 0.367 e. The van der Waals surface area contributed by atoms with Crippen molar-refractivity contribution in [1.29, 1.82) is 0 Å². The summed E-state index contributed by atoms with van der Waals surface area (Å²) in [6.07, 6.45) is 6.87. The van der Waals surface area contributed by atoms with E-state index in [0.717, 1.165) is 16.7 Å². The van der Waals surface area contributed by atoms with Crippen molar-refractivity contribution < 1.29 is 14.3 Å². The number of amides is 2. The molecular weight excluding hydrogens is 380 g/mol. The summed E-state index contributed by atoms with van der Waals surface area (Å²) in [4.78, 5) is 35.0. The number of morpholine rings is 1. The van der Waals surface area contributed by atoms with E-state index in [0.29, 0.717) is 12.1 Å². The van der Waals surface area contributed by atoms with Crippen molar-refractivity contribution in [3.63, 3.8) is 0 Å². The van der Waals surface area contributed by atoms with Crippen molar-refractivity contribution in [2.75, 3.05) is 19.7 Å². The monoisotopic (exact) mass is 402 g/mol. The Balaban J connectivity index is 1.59. The number of ether oxygens (including phenoxy) is 1. The predicted molar refractivity (Wildman–Crippen MR) is 111 cm³/mol. The number of aromatic nitrogens is 2. The van der Waals surface area contributed by atoms with Gasteiger partial charge in [0.2, 0.25) is 0 Å². The third kappa shape index (κ3) is 4.06. The molecule has 2 N–H and O–H groups in total. The maximum absolute atomic E-state index is 12.9. The van der Waals surface area contributed by atoms with Crippen molar-refractivity contribution in [3.8, 4) is 11.1 Å². The molecule has 152 valence electrons. The van der Waals surface area contributed by atoms with Crippen LogP contribution in [0.5, 0.6) is 0 Å². The lowest BCUT2D eigenvalue weighted by molar-refractivity contribution is -0.153. The van der Waals surface area contributed by atoms with Crippen LogP contribution in [0.4, 0.5) is 0 Å². The molecule has 7 nitrogen and oxygen atoms in total. The molecular formula is C23H22N4O3. The molecule has 3 aromatic rings. The molecule has 2 aromatic heterocycles. The summed E-state index contributed by atoms with van der Waals surface area (Å²) in [6.45, 7) is 0.717. The van der Waals surface area contributed by atoms with Crippen LogP contribution in [0.25, 0.3) is 11.1 Å².